The van der Waals surface area contributed by atoms with Crippen molar-refractivity contribution in [3.8, 4) is 0 Å². The van der Waals surface area contributed by atoms with Crippen LogP contribution in [-0.4, -0.2) is 11.8 Å². The molecule has 138 valence electrons. The normalized spacial score (nSPS) is 11.8. The van der Waals surface area contributed by atoms with Crippen molar-refractivity contribution in [3.05, 3.63) is 70.6 Å². The number of thiophene rings is 1. The van der Waals surface area contributed by atoms with Gasteiger partial charge in [-0.05, 0) is 58.8 Å². The van der Waals surface area contributed by atoms with Gasteiger partial charge in [0.2, 0.25) is 5.91 Å². The van der Waals surface area contributed by atoms with E-state index in [-0.39, 0.29) is 11.3 Å². The second kappa shape index (κ2) is 7.37. The molecule has 0 spiro atoms. The van der Waals surface area contributed by atoms with Gasteiger partial charge in [-0.2, -0.15) is 0 Å². The van der Waals surface area contributed by atoms with Crippen molar-refractivity contribution in [3.63, 3.8) is 0 Å². The first-order chi connectivity index (χ1) is 12.7. The molecule has 3 rings (SSSR count). The molecular formula is C22H22N2O2S. The molecule has 0 aliphatic heterocycles. The second-order valence-electron chi connectivity index (χ2n) is 7.42. The van der Waals surface area contributed by atoms with Gasteiger partial charge < -0.3 is 11.1 Å². The van der Waals surface area contributed by atoms with Crippen LogP contribution in [0.1, 0.15) is 41.6 Å². The van der Waals surface area contributed by atoms with Crippen LogP contribution in [0, 0.1) is 0 Å². The molecule has 0 fully saturated rings. The summed E-state index contributed by atoms with van der Waals surface area (Å²) in [4.78, 5) is 24.3. The Morgan fingerprint density at radius 2 is 1.74 bits per heavy atom. The zero-order chi connectivity index (χ0) is 19.6. The Bertz CT molecular complexity index is 1020. The standard InChI is InChI=1S/C22H22N2O2S/c1-22(2,3)16-6-4-14(5-7-16)21(26)24-17-8-10-19-15(12-17)13-18(27-19)9-11-20(23)25/h4-13H,1-3H3,(H2,23,25)(H,24,26)/b11-9+. The number of nitrogens with one attached hydrogen (secondary N) is 1. The molecular weight excluding hydrogens is 356 g/mol. The Morgan fingerprint density at radius 3 is 2.37 bits per heavy atom. The fourth-order valence-electron chi connectivity index (χ4n) is 2.71. The summed E-state index contributed by atoms with van der Waals surface area (Å²) < 4.78 is 1.08. The zero-order valence-corrected chi connectivity index (χ0v) is 16.4. The van der Waals surface area contributed by atoms with E-state index in [9.17, 15) is 9.59 Å². The van der Waals surface area contributed by atoms with Gasteiger partial charge in [0, 0.05) is 26.9 Å². The maximum atomic E-state index is 12.5. The van der Waals surface area contributed by atoms with E-state index in [1.165, 1.54) is 11.6 Å². The van der Waals surface area contributed by atoms with Crippen LogP contribution in [0.4, 0.5) is 5.69 Å². The highest BCUT2D eigenvalue weighted by atomic mass is 32.1. The lowest BCUT2D eigenvalue weighted by Crippen LogP contribution is -2.14. The van der Waals surface area contributed by atoms with Crippen LogP contribution >= 0.6 is 11.3 Å². The predicted octanol–water partition coefficient (Wildman–Crippen LogP) is 4.95. The first kappa shape index (κ1) is 18.9. The molecule has 0 saturated carbocycles. The molecule has 0 radical (unpaired) electrons. The third-order valence-corrected chi connectivity index (χ3v) is 5.30. The Morgan fingerprint density at radius 1 is 1.04 bits per heavy atom. The molecule has 27 heavy (non-hydrogen) atoms. The minimum Gasteiger partial charge on any atom is -0.366 e. The summed E-state index contributed by atoms with van der Waals surface area (Å²) >= 11 is 1.56. The number of primary amides is 1. The van der Waals surface area contributed by atoms with Crippen LogP contribution in [0.3, 0.4) is 0 Å². The van der Waals surface area contributed by atoms with E-state index in [0.29, 0.717) is 5.56 Å². The fourth-order valence-corrected chi connectivity index (χ4v) is 3.66. The van der Waals surface area contributed by atoms with E-state index in [1.54, 1.807) is 17.4 Å². The zero-order valence-electron chi connectivity index (χ0n) is 15.6. The van der Waals surface area contributed by atoms with Gasteiger partial charge in [-0.25, -0.2) is 0 Å². The fraction of sp³-hybridized carbons (Fsp3) is 0.182. The van der Waals surface area contributed by atoms with E-state index in [2.05, 4.69) is 26.1 Å². The summed E-state index contributed by atoms with van der Waals surface area (Å²) in [5.74, 6) is -0.614. The minimum atomic E-state index is -0.474. The van der Waals surface area contributed by atoms with Gasteiger partial charge >= 0.3 is 0 Å². The van der Waals surface area contributed by atoms with Gasteiger partial charge in [-0.15, -0.1) is 11.3 Å². The van der Waals surface area contributed by atoms with Crippen LogP contribution in [0.15, 0.2) is 54.6 Å². The first-order valence-corrected chi connectivity index (χ1v) is 9.47. The molecule has 2 aromatic carbocycles. The molecule has 2 amide bonds. The van der Waals surface area contributed by atoms with Crippen LogP contribution in [0.5, 0.6) is 0 Å². The summed E-state index contributed by atoms with van der Waals surface area (Å²) in [5.41, 5.74) is 7.73. The lowest BCUT2D eigenvalue weighted by molar-refractivity contribution is -0.113. The molecule has 4 nitrogen and oxygen atoms in total. The van der Waals surface area contributed by atoms with Crippen molar-refractivity contribution in [2.45, 2.75) is 26.2 Å². The topological polar surface area (TPSA) is 72.2 Å². The number of fused-ring (bicyclic) bond motifs is 1. The Balaban J connectivity index is 1.77. The SMILES string of the molecule is CC(C)(C)c1ccc(C(=O)Nc2ccc3sc(/C=C/C(N)=O)cc3c2)cc1. The highest BCUT2D eigenvalue weighted by molar-refractivity contribution is 7.19. The number of amides is 2. The van der Waals surface area contributed by atoms with Gasteiger partial charge in [-0.3, -0.25) is 9.59 Å². The highest BCUT2D eigenvalue weighted by Gasteiger charge is 2.14. The second-order valence-corrected chi connectivity index (χ2v) is 8.53. The molecule has 1 heterocycles. The first-order valence-electron chi connectivity index (χ1n) is 8.65. The van der Waals surface area contributed by atoms with Gasteiger partial charge in [0.05, 0.1) is 0 Å². The summed E-state index contributed by atoms with van der Waals surface area (Å²) in [7, 11) is 0. The lowest BCUT2D eigenvalue weighted by atomic mass is 9.87. The maximum Gasteiger partial charge on any atom is 0.255 e. The van der Waals surface area contributed by atoms with Crippen molar-refractivity contribution in [1.29, 1.82) is 0 Å². The molecule has 5 heteroatoms. The quantitative estimate of drug-likeness (QED) is 0.631. The molecule has 0 bridgehead atoms. The number of hydrogen-bond acceptors (Lipinski definition) is 3. The number of anilines is 1. The lowest BCUT2D eigenvalue weighted by Gasteiger charge is -2.19. The Kier molecular flexibility index (Phi) is 5.15. The molecule has 3 N–H and O–H groups in total. The van der Waals surface area contributed by atoms with E-state index < -0.39 is 5.91 Å². The maximum absolute atomic E-state index is 12.5. The molecule has 0 aliphatic carbocycles. The van der Waals surface area contributed by atoms with Crippen LogP contribution in [-0.2, 0) is 10.2 Å². The molecule has 0 aliphatic rings. The number of carbonyl (C=O) groups is 2. The number of benzene rings is 2. The monoisotopic (exact) mass is 378 g/mol. The van der Waals surface area contributed by atoms with Gasteiger partial charge in [0.25, 0.3) is 5.91 Å². The van der Waals surface area contributed by atoms with Crippen LogP contribution in [0.25, 0.3) is 16.2 Å². The van der Waals surface area contributed by atoms with Crippen molar-refractivity contribution in [1.82, 2.24) is 0 Å². The number of hydrogen-bond donors (Lipinski definition) is 2. The van der Waals surface area contributed by atoms with Crippen molar-refractivity contribution >= 4 is 45.0 Å². The number of rotatable bonds is 4. The van der Waals surface area contributed by atoms with Gasteiger partial charge in [0.1, 0.15) is 0 Å². The van der Waals surface area contributed by atoms with Crippen molar-refractivity contribution in [2.75, 3.05) is 5.32 Å². The summed E-state index contributed by atoms with van der Waals surface area (Å²) in [6.45, 7) is 6.43. The minimum absolute atomic E-state index is 0.0552. The molecule has 1 aromatic heterocycles. The summed E-state index contributed by atoms with van der Waals surface area (Å²) in [5, 5.41) is 3.95. The van der Waals surface area contributed by atoms with E-state index in [0.717, 1.165) is 20.7 Å². The summed E-state index contributed by atoms with van der Waals surface area (Å²) in [6.07, 6.45) is 3.04. The van der Waals surface area contributed by atoms with Crippen molar-refractivity contribution < 1.29 is 9.59 Å². The molecule has 0 unspecified atom stereocenters. The average molecular weight is 378 g/mol. The third kappa shape index (κ3) is 4.63. The molecule has 0 saturated heterocycles. The van der Waals surface area contributed by atoms with E-state index >= 15 is 0 Å². The number of nitrogens with two attached hydrogens (primary N) is 1. The van der Waals surface area contributed by atoms with E-state index in [1.807, 2.05) is 48.5 Å². The predicted molar refractivity (Wildman–Crippen MR) is 113 cm³/mol. The van der Waals surface area contributed by atoms with E-state index in [4.69, 9.17) is 5.73 Å². The van der Waals surface area contributed by atoms with Gasteiger partial charge in [0.15, 0.2) is 0 Å². The van der Waals surface area contributed by atoms with Gasteiger partial charge in [-0.1, -0.05) is 32.9 Å². The Hall–Kier alpha value is -2.92. The van der Waals surface area contributed by atoms with Crippen LogP contribution in [0.2, 0.25) is 0 Å². The Labute approximate surface area is 162 Å². The largest absolute Gasteiger partial charge is 0.366 e. The highest BCUT2D eigenvalue weighted by Crippen LogP contribution is 2.29. The third-order valence-electron chi connectivity index (χ3n) is 4.22. The smallest absolute Gasteiger partial charge is 0.255 e. The molecule has 0 atom stereocenters. The summed E-state index contributed by atoms with van der Waals surface area (Å²) in [6, 6.07) is 15.4. The average Bonchev–Trinajstić information content (AvgIpc) is 3.01. The van der Waals surface area contributed by atoms with Crippen molar-refractivity contribution in [2.24, 2.45) is 5.73 Å². The molecule has 3 aromatic rings. The number of carbonyl (C=O) groups excluding carboxylic acids is 2. The van der Waals surface area contributed by atoms with Crippen LogP contribution < -0.4 is 11.1 Å².